The molecule has 3 N–H and O–H groups in total. The average Bonchev–Trinajstić information content (AvgIpc) is 2.60. The molecule has 1 atom stereocenters. The summed E-state index contributed by atoms with van der Waals surface area (Å²) >= 11 is 0. The maximum absolute atomic E-state index is 11.7. The van der Waals surface area contributed by atoms with Crippen molar-refractivity contribution in [2.45, 2.75) is 26.7 Å². The van der Waals surface area contributed by atoms with Crippen molar-refractivity contribution < 1.29 is 9.21 Å². The SMILES string of the molecule is CCCC(CN)C(=O)Nc1nc(C)co1. The second-order valence-electron chi connectivity index (χ2n) is 3.50. The number of hydrogen-bond acceptors (Lipinski definition) is 4. The lowest BCUT2D eigenvalue weighted by Crippen LogP contribution is -2.29. The maximum atomic E-state index is 11.7. The summed E-state index contributed by atoms with van der Waals surface area (Å²) in [6, 6.07) is 0.243. The summed E-state index contributed by atoms with van der Waals surface area (Å²) in [5, 5.41) is 2.60. The number of anilines is 1. The monoisotopic (exact) mass is 211 g/mol. The van der Waals surface area contributed by atoms with Crippen LogP contribution in [0, 0.1) is 12.8 Å². The number of nitrogens with one attached hydrogen (secondary N) is 1. The molecule has 0 saturated carbocycles. The molecule has 0 aromatic carbocycles. The molecule has 1 heterocycles. The molecule has 5 nitrogen and oxygen atoms in total. The highest BCUT2D eigenvalue weighted by atomic mass is 16.4. The third-order valence-corrected chi connectivity index (χ3v) is 2.14. The van der Waals surface area contributed by atoms with Crippen LogP contribution in [0.1, 0.15) is 25.5 Å². The van der Waals surface area contributed by atoms with Gasteiger partial charge in [0.1, 0.15) is 6.26 Å². The Morgan fingerprint density at radius 1 is 1.73 bits per heavy atom. The van der Waals surface area contributed by atoms with E-state index in [1.165, 1.54) is 6.26 Å². The van der Waals surface area contributed by atoms with Crippen LogP contribution in [-0.4, -0.2) is 17.4 Å². The highest BCUT2D eigenvalue weighted by molar-refractivity contribution is 5.90. The Kier molecular flexibility index (Phi) is 4.30. The van der Waals surface area contributed by atoms with E-state index in [4.69, 9.17) is 10.2 Å². The van der Waals surface area contributed by atoms with Crippen LogP contribution >= 0.6 is 0 Å². The van der Waals surface area contributed by atoms with Crippen LogP contribution in [0.25, 0.3) is 0 Å². The predicted molar refractivity (Wildman–Crippen MR) is 57.3 cm³/mol. The van der Waals surface area contributed by atoms with Crippen molar-refractivity contribution in [1.29, 1.82) is 0 Å². The third-order valence-electron chi connectivity index (χ3n) is 2.14. The Morgan fingerprint density at radius 3 is 2.93 bits per heavy atom. The molecular formula is C10H17N3O2. The van der Waals surface area contributed by atoms with Gasteiger partial charge in [-0.25, -0.2) is 0 Å². The van der Waals surface area contributed by atoms with E-state index in [1.54, 1.807) is 6.92 Å². The number of hydrogen-bond donors (Lipinski definition) is 2. The fraction of sp³-hybridized carbons (Fsp3) is 0.600. The zero-order valence-corrected chi connectivity index (χ0v) is 9.12. The molecule has 0 saturated heterocycles. The first-order valence-corrected chi connectivity index (χ1v) is 5.10. The van der Waals surface area contributed by atoms with Gasteiger partial charge in [0, 0.05) is 6.54 Å². The number of nitrogens with zero attached hydrogens (tertiary/aromatic N) is 1. The van der Waals surface area contributed by atoms with Gasteiger partial charge in [0.15, 0.2) is 0 Å². The molecule has 0 aliphatic carbocycles. The molecule has 0 spiro atoms. The van der Waals surface area contributed by atoms with Gasteiger partial charge in [0.2, 0.25) is 5.91 Å². The normalized spacial score (nSPS) is 12.5. The Labute approximate surface area is 89.1 Å². The summed E-state index contributed by atoms with van der Waals surface area (Å²) < 4.78 is 5.02. The molecule has 1 rings (SSSR count). The van der Waals surface area contributed by atoms with Crippen LogP contribution in [0.15, 0.2) is 10.7 Å². The summed E-state index contributed by atoms with van der Waals surface area (Å²) in [7, 11) is 0. The highest BCUT2D eigenvalue weighted by Gasteiger charge is 2.17. The lowest BCUT2D eigenvalue weighted by molar-refractivity contribution is -0.119. The molecule has 84 valence electrons. The van der Waals surface area contributed by atoms with Crippen molar-refractivity contribution >= 4 is 11.9 Å². The van der Waals surface area contributed by atoms with Crippen molar-refractivity contribution in [3.05, 3.63) is 12.0 Å². The van der Waals surface area contributed by atoms with Crippen LogP contribution in [0.2, 0.25) is 0 Å². The van der Waals surface area contributed by atoms with E-state index in [0.29, 0.717) is 6.54 Å². The van der Waals surface area contributed by atoms with Gasteiger partial charge in [0.05, 0.1) is 11.6 Å². The summed E-state index contributed by atoms with van der Waals surface area (Å²) in [5.41, 5.74) is 6.25. The Balaban J connectivity index is 2.53. The molecule has 15 heavy (non-hydrogen) atoms. The number of carbonyl (C=O) groups excluding carboxylic acids is 1. The number of aromatic nitrogens is 1. The Bertz CT molecular complexity index is 322. The molecule has 1 aromatic rings. The van der Waals surface area contributed by atoms with Crippen LogP contribution in [0.4, 0.5) is 6.01 Å². The van der Waals surface area contributed by atoms with Gasteiger partial charge in [-0.3, -0.25) is 10.1 Å². The van der Waals surface area contributed by atoms with Gasteiger partial charge >= 0.3 is 6.01 Å². The van der Waals surface area contributed by atoms with Crippen molar-refractivity contribution in [1.82, 2.24) is 4.98 Å². The fourth-order valence-corrected chi connectivity index (χ4v) is 1.32. The van der Waals surface area contributed by atoms with E-state index in [2.05, 4.69) is 10.3 Å². The number of nitrogens with two attached hydrogens (primary N) is 1. The highest BCUT2D eigenvalue weighted by Crippen LogP contribution is 2.10. The summed E-state index contributed by atoms with van der Waals surface area (Å²) in [4.78, 5) is 15.6. The van der Waals surface area contributed by atoms with Gasteiger partial charge in [-0.1, -0.05) is 13.3 Å². The van der Waals surface area contributed by atoms with Gasteiger partial charge in [-0.2, -0.15) is 4.98 Å². The van der Waals surface area contributed by atoms with Gasteiger partial charge < -0.3 is 10.2 Å². The van der Waals surface area contributed by atoms with Gasteiger partial charge in [-0.05, 0) is 13.3 Å². The van der Waals surface area contributed by atoms with Crippen molar-refractivity contribution in [2.75, 3.05) is 11.9 Å². The van der Waals surface area contributed by atoms with E-state index < -0.39 is 0 Å². The number of carbonyl (C=O) groups is 1. The van der Waals surface area contributed by atoms with Crippen LogP contribution in [0.5, 0.6) is 0 Å². The lowest BCUT2D eigenvalue weighted by atomic mass is 10.0. The smallest absolute Gasteiger partial charge is 0.301 e. The molecule has 0 aliphatic rings. The Hall–Kier alpha value is -1.36. The minimum Gasteiger partial charge on any atom is -0.432 e. The summed E-state index contributed by atoms with van der Waals surface area (Å²) in [6.45, 7) is 4.16. The number of amides is 1. The molecule has 0 radical (unpaired) electrons. The number of oxazole rings is 1. The minimum atomic E-state index is -0.165. The zero-order valence-electron chi connectivity index (χ0n) is 9.12. The van der Waals surface area contributed by atoms with E-state index >= 15 is 0 Å². The van der Waals surface area contributed by atoms with Crippen molar-refractivity contribution in [2.24, 2.45) is 11.7 Å². The second-order valence-corrected chi connectivity index (χ2v) is 3.50. The maximum Gasteiger partial charge on any atom is 0.301 e. The van der Waals surface area contributed by atoms with Crippen molar-refractivity contribution in [3.8, 4) is 0 Å². The predicted octanol–water partition coefficient (Wildman–Crippen LogP) is 1.30. The first kappa shape index (κ1) is 11.7. The van der Waals surface area contributed by atoms with Crippen LogP contribution < -0.4 is 11.1 Å². The fourth-order valence-electron chi connectivity index (χ4n) is 1.32. The molecule has 0 fully saturated rings. The van der Waals surface area contributed by atoms with Crippen LogP contribution in [0.3, 0.4) is 0 Å². The molecule has 0 aliphatic heterocycles. The molecule has 1 aromatic heterocycles. The van der Waals surface area contributed by atoms with Gasteiger partial charge in [-0.15, -0.1) is 0 Å². The molecule has 0 bridgehead atoms. The molecule has 1 unspecified atom stereocenters. The van der Waals surface area contributed by atoms with E-state index in [0.717, 1.165) is 18.5 Å². The zero-order chi connectivity index (χ0) is 11.3. The standard InChI is InChI=1S/C10H17N3O2/c1-3-4-8(5-11)9(14)13-10-12-7(2)6-15-10/h6,8H,3-5,11H2,1-2H3,(H,12,13,14). The molecular weight excluding hydrogens is 194 g/mol. The summed E-state index contributed by atoms with van der Waals surface area (Å²) in [5.74, 6) is -0.289. The van der Waals surface area contributed by atoms with E-state index in [1.807, 2.05) is 6.92 Å². The average molecular weight is 211 g/mol. The van der Waals surface area contributed by atoms with Gasteiger partial charge in [0.25, 0.3) is 0 Å². The topological polar surface area (TPSA) is 81.2 Å². The number of aryl methyl sites for hydroxylation is 1. The second kappa shape index (κ2) is 5.50. The summed E-state index contributed by atoms with van der Waals surface area (Å²) in [6.07, 6.45) is 3.20. The molecule has 1 amide bonds. The Morgan fingerprint density at radius 2 is 2.47 bits per heavy atom. The van der Waals surface area contributed by atoms with E-state index in [9.17, 15) is 4.79 Å². The third kappa shape index (κ3) is 3.36. The first-order valence-electron chi connectivity index (χ1n) is 5.10. The first-order chi connectivity index (χ1) is 7.17. The largest absolute Gasteiger partial charge is 0.432 e. The van der Waals surface area contributed by atoms with Crippen molar-refractivity contribution in [3.63, 3.8) is 0 Å². The quantitative estimate of drug-likeness (QED) is 0.769. The molecule has 5 heteroatoms. The van der Waals surface area contributed by atoms with Crippen LogP contribution in [-0.2, 0) is 4.79 Å². The minimum absolute atomic E-state index is 0.124. The lowest BCUT2D eigenvalue weighted by Gasteiger charge is -2.11. The number of rotatable bonds is 5. The van der Waals surface area contributed by atoms with E-state index in [-0.39, 0.29) is 17.8 Å².